The highest BCUT2D eigenvalue weighted by molar-refractivity contribution is 6.30. The number of carbonyl (C=O) groups excluding carboxylic acids is 3. The molecule has 0 aliphatic carbocycles. The third-order valence-corrected chi connectivity index (χ3v) is 4.04. The molecule has 0 spiro atoms. The molecule has 0 atom stereocenters. The van der Waals surface area contributed by atoms with Gasteiger partial charge in [0.05, 0.1) is 17.9 Å². The van der Waals surface area contributed by atoms with E-state index in [1.165, 1.54) is 0 Å². The SMILES string of the molecule is CCCCNC(=O)NC(=O)CNc1ccccc1NC(=O)c1ccc(Cl)cc1. The summed E-state index contributed by atoms with van der Waals surface area (Å²) in [7, 11) is 0. The van der Waals surface area contributed by atoms with E-state index in [0.29, 0.717) is 28.5 Å². The molecule has 0 saturated carbocycles. The quantitative estimate of drug-likeness (QED) is 0.506. The Labute approximate surface area is 168 Å². The molecule has 0 bridgehead atoms. The number of benzene rings is 2. The topological polar surface area (TPSA) is 99.3 Å². The molecule has 0 radical (unpaired) electrons. The van der Waals surface area contributed by atoms with E-state index in [-0.39, 0.29) is 12.5 Å². The van der Waals surface area contributed by atoms with Gasteiger partial charge in [0.15, 0.2) is 0 Å². The molecule has 0 aromatic heterocycles. The van der Waals surface area contributed by atoms with Gasteiger partial charge in [-0.3, -0.25) is 14.9 Å². The second kappa shape index (κ2) is 10.9. The van der Waals surface area contributed by atoms with Crippen molar-refractivity contribution in [1.29, 1.82) is 0 Å². The number of nitrogens with one attached hydrogen (secondary N) is 4. The van der Waals surface area contributed by atoms with Gasteiger partial charge in [-0.25, -0.2) is 4.79 Å². The Kier molecular flexibility index (Phi) is 8.30. The fourth-order valence-corrected chi connectivity index (χ4v) is 2.44. The van der Waals surface area contributed by atoms with Crippen molar-refractivity contribution in [3.63, 3.8) is 0 Å². The van der Waals surface area contributed by atoms with Gasteiger partial charge in [-0.05, 0) is 42.8 Å². The minimum atomic E-state index is -0.524. The molecular formula is C20H23ClN4O3. The molecule has 0 fully saturated rings. The maximum atomic E-state index is 12.4. The highest BCUT2D eigenvalue weighted by Crippen LogP contribution is 2.21. The molecule has 7 nitrogen and oxygen atoms in total. The lowest BCUT2D eigenvalue weighted by Gasteiger charge is -2.13. The lowest BCUT2D eigenvalue weighted by atomic mass is 10.2. The van der Waals surface area contributed by atoms with Gasteiger partial charge in [-0.15, -0.1) is 0 Å². The van der Waals surface area contributed by atoms with E-state index >= 15 is 0 Å². The van der Waals surface area contributed by atoms with Crippen LogP contribution in [0.15, 0.2) is 48.5 Å². The first kappa shape index (κ1) is 21.2. The Morgan fingerprint density at radius 3 is 2.32 bits per heavy atom. The first-order valence-electron chi connectivity index (χ1n) is 8.97. The van der Waals surface area contributed by atoms with Crippen LogP contribution in [0.25, 0.3) is 0 Å². The lowest BCUT2D eigenvalue weighted by Crippen LogP contribution is -2.42. The van der Waals surface area contributed by atoms with Crippen molar-refractivity contribution in [2.75, 3.05) is 23.7 Å². The van der Waals surface area contributed by atoms with E-state index in [9.17, 15) is 14.4 Å². The summed E-state index contributed by atoms with van der Waals surface area (Å²) < 4.78 is 0. The van der Waals surface area contributed by atoms with Crippen LogP contribution in [-0.4, -0.2) is 30.9 Å². The molecule has 2 aromatic carbocycles. The van der Waals surface area contributed by atoms with E-state index in [1.54, 1.807) is 48.5 Å². The Balaban J connectivity index is 1.91. The first-order chi connectivity index (χ1) is 13.5. The predicted octanol–water partition coefficient (Wildman–Crippen LogP) is 3.63. The highest BCUT2D eigenvalue weighted by Gasteiger charge is 2.11. The largest absolute Gasteiger partial charge is 0.374 e. The molecular weight excluding hydrogens is 380 g/mol. The third-order valence-electron chi connectivity index (χ3n) is 3.79. The molecule has 0 heterocycles. The maximum absolute atomic E-state index is 12.4. The van der Waals surface area contributed by atoms with Gasteiger partial charge in [-0.1, -0.05) is 37.1 Å². The summed E-state index contributed by atoms with van der Waals surface area (Å²) in [4.78, 5) is 35.9. The number of urea groups is 1. The number of imide groups is 1. The van der Waals surface area contributed by atoms with Gasteiger partial charge >= 0.3 is 6.03 Å². The molecule has 0 aliphatic heterocycles. The van der Waals surface area contributed by atoms with Crippen molar-refractivity contribution in [1.82, 2.24) is 10.6 Å². The van der Waals surface area contributed by atoms with Crippen LogP contribution in [0, 0.1) is 0 Å². The molecule has 0 unspecified atom stereocenters. The van der Waals surface area contributed by atoms with Crippen LogP contribution in [0.1, 0.15) is 30.1 Å². The summed E-state index contributed by atoms with van der Waals surface area (Å²) >= 11 is 5.84. The summed E-state index contributed by atoms with van der Waals surface area (Å²) in [5.41, 5.74) is 1.54. The zero-order valence-electron chi connectivity index (χ0n) is 15.5. The van der Waals surface area contributed by atoms with Crippen LogP contribution in [-0.2, 0) is 4.79 Å². The predicted molar refractivity (Wildman–Crippen MR) is 111 cm³/mol. The number of rotatable bonds is 8. The zero-order valence-corrected chi connectivity index (χ0v) is 16.3. The van der Waals surface area contributed by atoms with E-state index in [1.807, 2.05) is 6.92 Å². The summed E-state index contributed by atoms with van der Waals surface area (Å²) in [5.74, 6) is -0.779. The van der Waals surface area contributed by atoms with Gasteiger partial charge in [0, 0.05) is 17.1 Å². The van der Waals surface area contributed by atoms with Gasteiger partial charge < -0.3 is 16.0 Å². The highest BCUT2D eigenvalue weighted by atomic mass is 35.5. The number of unbranched alkanes of at least 4 members (excludes halogenated alkanes) is 1. The lowest BCUT2D eigenvalue weighted by molar-refractivity contribution is -0.118. The Bertz CT molecular complexity index is 824. The summed E-state index contributed by atoms with van der Waals surface area (Å²) in [6, 6.07) is 13.0. The Hall–Kier alpha value is -3.06. The molecule has 4 N–H and O–H groups in total. The van der Waals surface area contributed by atoms with E-state index in [0.717, 1.165) is 12.8 Å². The maximum Gasteiger partial charge on any atom is 0.321 e. The number of anilines is 2. The number of amides is 4. The van der Waals surface area contributed by atoms with Crippen LogP contribution in [0.4, 0.5) is 16.2 Å². The van der Waals surface area contributed by atoms with E-state index in [2.05, 4.69) is 21.3 Å². The molecule has 2 aromatic rings. The van der Waals surface area contributed by atoms with Crippen LogP contribution in [0.2, 0.25) is 5.02 Å². The van der Waals surface area contributed by atoms with Crippen molar-refractivity contribution in [3.8, 4) is 0 Å². The monoisotopic (exact) mass is 402 g/mol. The molecule has 28 heavy (non-hydrogen) atoms. The van der Waals surface area contributed by atoms with Crippen LogP contribution < -0.4 is 21.3 Å². The minimum absolute atomic E-state index is 0.116. The van der Waals surface area contributed by atoms with Gasteiger partial charge in [-0.2, -0.15) is 0 Å². The second-order valence-electron chi connectivity index (χ2n) is 6.02. The molecule has 4 amide bonds. The molecule has 8 heteroatoms. The van der Waals surface area contributed by atoms with Crippen LogP contribution in [0.3, 0.4) is 0 Å². The van der Waals surface area contributed by atoms with Gasteiger partial charge in [0.1, 0.15) is 0 Å². The molecule has 0 saturated heterocycles. The van der Waals surface area contributed by atoms with Crippen molar-refractivity contribution in [2.24, 2.45) is 0 Å². The zero-order chi connectivity index (χ0) is 20.4. The normalized spacial score (nSPS) is 10.1. The van der Waals surface area contributed by atoms with Crippen molar-refractivity contribution < 1.29 is 14.4 Å². The third kappa shape index (κ3) is 6.92. The number of halogens is 1. The smallest absolute Gasteiger partial charge is 0.321 e. The number of hydrogen-bond acceptors (Lipinski definition) is 4. The van der Waals surface area contributed by atoms with Gasteiger partial charge in [0.2, 0.25) is 5.91 Å². The average molecular weight is 403 g/mol. The van der Waals surface area contributed by atoms with E-state index in [4.69, 9.17) is 11.6 Å². The first-order valence-corrected chi connectivity index (χ1v) is 9.35. The number of hydrogen-bond donors (Lipinski definition) is 4. The summed E-state index contributed by atoms with van der Waals surface area (Å²) in [5, 5.41) is 11.1. The number of carbonyl (C=O) groups is 3. The Morgan fingerprint density at radius 2 is 1.64 bits per heavy atom. The van der Waals surface area contributed by atoms with Crippen molar-refractivity contribution >= 4 is 40.8 Å². The van der Waals surface area contributed by atoms with Crippen LogP contribution >= 0.6 is 11.6 Å². The average Bonchev–Trinajstić information content (AvgIpc) is 2.68. The van der Waals surface area contributed by atoms with Crippen molar-refractivity contribution in [2.45, 2.75) is 19.8 Å². The molecule has 2 rings (SSSR count). The molecule has 0 aliphatic rings. The standard InChI is InChI=1S/C20H23ClN4O3/c1-2-3-12-22-20(28)25-18(26)13-23-16-6-4-5-7-17(16)24-19(27)14-8-10-15(21)11-9-14/h4-11,23H,2-3,12-13H2,1H3,(H,24,27)(H2,22,25,26,28). The fraction of sp³-hybridized carbons (Fsp3) is 0.250. The fourth-order valence-electron chi connectivity index (χ4n) is 2.31. The van der Waals surface area contributed by atoms with Gasteiger partial charge in [0.25, 0.3) is 5.91 Å². The molecule has 148 valence electrons. The Morgan fingerprint density at radius 1 is 0.964 bits per heavy atom. The summed E-state index contributed by atoms with van der Waals surface area (Å²) in [6.45, 7) is 2.41. The van der Waals surface area contributed by atoms with Crippen molar-refractivity contribution in [3.05, 3.63) is 59.1 Å². The van der Waals surface area contributed by atoms with Crippen LogP contribution in [0.5, 0.6) is 0 Å². The summed E-state index contributed by atoms with van der Waals surface area (Å²) in [6.07, 6.45) is 1.80. The minimum Gasteiger partial charge on any atom is -0.374 e. The second-order valence-corrected chi connectivity index (χ2v) is 6.45. The van der Waals surface area contributed by atoms with E-state index < -0.39 is 11.9 Å². The number of para-hydroxylation sites is 2.